The normalized spacial score (nSPS) is 16.9. The molecule has 1 amide bonds. The van der Waals surface area contributed by atoms with Crippen molar-refractivity contribution in [2.45, 2.75) is 6.92 Å². The largest absolute Gasteiger partial charge is 0.335 e. The van der Waals surface area contributed by atoms with Crippen molar-refractivity contribution in [3.63, 3.8) is 0 Å². The summed E-state index contributed by atoms with van der Waals surface area (Å²) in [5.74, 6) is -0.0803. The van der Waals surface area contributed by atoms with Crippen molar-refractivity contribution in [2.24, 2.45) is 0 Å². The number of halogens is 2. The molecule has 1 aromatic heterocycles. The Balaban J connectivity index is 2.08. The number of likely N-dealkylation sites (N-methyl/N-ethyl adjacent to an activating group) is 1. The third kappa shape index (κ3) is 3.02. The van der Waals surface area contributed by atoms with Crippen LogP contribution in [0, 0.1) is 0 Å². The minimum absolute atomic E-state index is 0.0803. The van der Waals surface area contributed by atoms with E-state index in [4.69, 9.17) is 11.6 Å². The zero-order valence-electron chi connectivity index (χ0n) is 10.2. The van der Waals surface area contributed by atoms with Crippen LogP contribution in [0.25, 0.3) is 0 Å². The molecule has 98 valence electrons. The van der Waals surface area contributed by atoms with E-state index in [0.717, 1.165) is 37.2 Å². The first-order valence-corrected chi connectivity index (χ1v) is 7.11. The number of carbonyl (C=O) groups is 1. The maximum absolute atomic E-state index is 12.3. The third-order valence-electron chi connectivity index (χ3n) is 3.12. The zero-order valence-corrected chi connectivity index (χ0v) is 12.5. The maximum atomic E-state index is 12.3. The number of nitrogens with zero attached hydrogens (tertiary/aromatic N) is 3. The number of piperazine rings is 1. The van der Waals surface area contributed by atoms with Crippen LogP contribution in [0.3, 0.4) is 0 Å². The van der Waals surface area contributed by atoms with Crippen LogP contribution in [0.5, 0.6) is 0 Å². The molecule has 18 heavy (non-hydrogen) atoms. The molecule has 1 aliphatic heterocycles. The van der Waals surface area contributed by atoms with E-state index < -0.39 is 0 Å². The van der Waals surface area contributed by atoms with Crippen molar-refractivity contribution in [3.8, 4) is 0 Å². The topological polar surface area (TPSA) is 36.4 Å². The second-order valence-corrected chi connectivity index (χ2v) is 5.53. The molecule has 2 heterocycles. The fourth-order valence-corrected chi connectivity index (χ4v) is 2.70. The van der Waals surface area contributed by atoms with Crippen LogP contribution in [0.15, 0.2) is 16.7 Å². The Morgan fingerprint density at radius 2 is 2.11 bits per heavy atom. The van der Waals surface area contributed by atoms with Crippen LogP contribution >= 0.6 is 27.5 Å². The van der Waals surface area contributed by atoms with Gasteiger partial charge in [0.15, 0.2) is 0 Å². The number of pyridine rings is 1. The van der Waals surface area contributed by atoms with Crippen LogP contribution in [0.1, 0.15) is 17.4 Å². The molecule has 1 aromatic rings. The van der Waals surface area contributed by atoms with Crippen LogP contribution in [0.2, 0.25) is 5.02 Å². The molecule has 0 aliphatic carbocycles. The van der Waals surface area contributed by atoms with Crippen LogP contribution in [-0.2, 0) is 0 Å². The Hall–Kier alpha value is -0.650. The summed E-state index contributed by atoms with van der Waals surface area (Å²) in [6.45, 7) is 6.46. The van der Waals surface area contributed by atoms with Crippen LogP contribution in [-0.4, -0.2) is 53.4 Å². The summed E-state index contributed by atoms with van der Waals surface area (Å²) in [6, 6.07) is 1.70. The molecule has 0 radical (unpaired) electrons. The third-order valence-corrected chi connectivity index (χ3v) is 3.84. The summed E-state index contributed by atoms with van der Waals surface area (Å²) >= 11 is 9.33. The Morgan fingerprint density at radius 3 is 2.67 bits per heavy atom. The molecule has 0 N–H and O–H groups in total. The molecule has 0 unspecified atom stereocenters. The first kappa shape index (κ1) is 13.8. The molecule has 2 rings (SSSR count). The number of hydrogen-bond acceptors (Lipinski definition) is 3. The fourth-order valence-electron chi connectivity index (χ4n) is 1.99. The van der Waals surface area contributed by atoms with Gasteiger partial charge in [-0.25, -0.2) is 4.98 Å². The minimum Gasteiger partial charge on any atom is -0.335 e. The standard InChI is InChI=1S/C12H15BrClN3O/c1-2-16-3-5-17(6-4-16)12(18)11-10(14)7-9(13)8-15-11/h7-8H,2-6H2,1H3. The highest BCUT2D eigenvalue weighted by Crippen LogP contribution is 2.20. The van der Waals surface area contributed by atoms with E-state index in [0.29, 0.717) is 10.7 Å². The van der Waals surface area contributed by atoms with E-state index in [9.17, 15) is 4.79 Å². The summed E-state index contributed by atoms with van der Waals surface area (Å²) in [5.41, 5.74) is 0.338. The summed E-state index contributed by atoms with van der Waals surface area (Å²) in [7, 11) is 0. The van der Waals surface area contributed by atoms with Gasteiger partial charge in [-0.3, -0.25) is 4.79 Å². The minimum atomic E-state index is -0.0803. The molecule has 1 fully saturated rings. The van der Waals surface area contributed by atoms with Crippen LogP contribution < -0.4 is 0 Å². The van der Waals surface area contributed by atoms with Crippen molar-refractivity contribution in [3.05, 3.63) is 27.5 Å². The summed E-state index contributed by atoms with van der Waals surface area (Å²) in [6.07, 6.45) is 1.60. The highest BCUT2D eigenvalue weighted by molar-refractivity contribution is 9.10. The molecule has 0 spiro atoms. The summed E-state index contributed by atoms with van der Waals surface area (Å²) in [4.78, 5) is 20.5. The predicted octanol–water partition coefficient (Wildman–Crippen LogP) is 2.28. The molecule has 0 bridgehead atoms. The van der Waals surface area contributed by atoms with E-state index in [-0.39, 0.29) is 5.91 Å². The van der Waals surface area contributed by atoms with Crippen molar-refractivity contribution < 1.29 is 4.79 Å². The second-order valence-electron chi connectivity index (χ2n) is 4.21. The molecule has 4 nitrogen and oxygen atoms in total. The molecule has 1 aliphatic rings. The molecule has 0 atom stereocenters. The zero-order chi connectivity index (χ0) is 13.1. The number of aromatic nitrogens is 1. The van der Waals surface area contributed by atoms with Gasteiger partial charge < -0.3 is 9.80 Å². The fraction of sp³-hybridized carbons (Fsp3) is 0.500. The predicted molar refractivity (Wildman–Crippen MR) is 75.0 cm³/mol. The van der Waals surface area contributed by atoms with Gasteiger partial charge in [0, 0.05) is 36.8 Å². The lowest BCUT2D eigenvalue weighted by molar-refractivity contribution is 0.0638. The summed E-state index contributed by atoms with van der Waals surface area (Å²) in [5, 5.41) is 0.396. The maximum Gasteiger partial charge on any atom is 0.274 e. The number of rotatable bonds is 2. The van der Waals surface area contributed by atoms with Crippen LogP contribution in [0.4, 0.5) is 0 Å². The average molecular weight is 333 g/mol. The van der Waals surface area contributed by atoms with Gasteiger partial charge >= 0.3 is 0 Å². The first-order chi connectivity index (χ1) is 8.61. The lowest BCUT2D eigenvalue weighted by atomic mass is 10.2. The molecule has 6 heteroatoms. The van der Waals surface area contributed by atoms with Gasteiger partial charge in [0.05, 0.1) is 5.02 Å². The van der Waals surface area contributed by atoms with E-state index in [1.165, 1.54) is 0 Å². The summed E-state index contributed by atoms with van der Waals surface area (Å²) < 4.78 is 0.778. The number of hydrogen-bond donors (Lipinski definition) is 0. The van der Waals surface area contributed by atoms with Gasteiger partial charge in [-0.15, -0.1) is 0 Å². The van der Waals surface area contributed by atoms with Gasteiger partial charge in [-0.1, -0.05) is 18.5 Å². The van der Waals surface area contributed by atoms with E-state index in [1.807, 2.05) is 4.90 Å². The number of amides is 1. The molecule has 0 aromatic carbocycles. The van der Waals surface area contributed by atoms with Crippen molar-refractivity contribution in [1.29, 1.82) is 0 Å². The first-order valence-electron chi connectivity index (χ1n) is 5.94. The van der Waals surface area contributed by atoms with Crippen molar-refractivity contribution in [1.82, 2.24) is 14.8 Å². The SMILES string of the molecule is CCN1CCN(C(=O)c2ncc(Br)cc2Cl)CC1. The lowest BCUT2D eigenvalue weighted by Gasteiger charge is -2.33. The Morgan fingerprint density at radius 1 is 1.44 bits per heavy atom. The average Bonchev–Trinajstić information content (AvgIpc) is 2.38. The smallest absolute Gasteiger partial charge is 0.274 e. The molecular formula is C12H15BrClN3O. The quantitative estimate of drug-likeness (QED) is 0.833. The van der Waals surface area contributed by atoms with E-state index in [1.54, 1.807) is 12.3 Å². The Bertz CT molecular complexity index is 447. The Kier molecular flexibility index (Phi) is 4.59. The highest BCUT2D eigenvalue weighted by Gasteiger charge is 2.23. The van der Waals surface area contributed by atoms with Gasteiger partial charge in [0.1, 0.15) is 5.69 Å². The molecule has 0 saturated carbocycles. The number of carbonyl (C=O) groups excluding carboxylic acids is 1. The van der Waals surface area contributed by atoms with Crippen molar-refractivity contribution in [2.75, 3.05) is 32.7 Å². The second kappa shape index (κ2) is 5.99. The molecule has 1 saturated heterocycles. The van der Waals surface area contributed by atoms with Gasteiger partial charge in [0.2, 0.25) is 0 Å². The van der Waals surface area contributed by atoms with E-state index in [2.05, 4.69) is 32.7 Å². The Labute approximate surface area is 120 Å². The van der Waals surface area contributed by atoms with Gasteiger partial charge in [-0.2, -0.15) is 0 Å². The van der Waals surface area contributed by atoms with Gasteiger partial charge in [0.25, 0.3) is 5.91 Å². The van der Waals surface area contributed by atoms with Crippen molar-refractivity contribution >= 4 is 33.4 Å². The van der Waals surface area contributed by atoms with Gasteiger partial charge in [-0.05, 0) is 28.5 Å². The van der Waals surface area contributed by atoms with E-state index >= 15 is 0 Å². The lowest BCUT2D eigenvalue weighted by Crippen LogP contribution is -2.48. The molecular weight excluding hydrogens is 318 g/mol. The highest BCUT2D eigenvalue weighted by atomic mass is 79.9. The monoisotopic (exact) mass is 331 g/mol.